The summed E-state index contributed by atoms with van der Waals surface area (Å²) in [5, 5.41) is 9.88. The summed E-state index contributed by atoms with van der Waals surface area (Å²) in [7, 11) is 0. The van der Waals surface area contributed by atoms with Crippen LogP contribution in [0.1, 0.15) is 0 Å². The minimum absolute atomic E-state index is 0.618. The Kier molecular flexibility index (Phi) is 2.09. The number of nitrogens with one attached hydrogen (secondary N) is 1. The third kappa shape index (κ3) is 1.73. The van der Waals surface area contributed by atoms with Gasteiger partial charge >= 0.3 is 0 Å². The predicted molar refractivity (Wildman–Crippen MR) is 38.3 cm³/mol. The number of hydrogen-bond donors (Lipinski definition) is 1. The van der Waals surface area contributed by atoms with Crippen LogP contribution >= 0.6 is 12.2 Å². The SMILES string of the molecule is S=[C]Nc1cccnn1. The summed E-state index contributed by atoms with van der Waals surface area (Å²) in [5.41, 5.74) is 2.31. The molecule has 1 heterocycles. The van der Waals surface area contributed by atoms with Crippen LogP contribution in [0, 0.1) is 0 Å². The fourth-order valence-electron chi connectivity index (χ4n) is 0.420. The molecule has 3 nitrogen and oxygen atoms in total. The summed E-state index contributed by atoms with van der Waals surface area (Å²) in [5.74, 6) is 0.618. The van der Waals surface area contributed by atoms with E-state index in [2.05, 4.69) is 33.2 Å². The standard InChI is InChI=1S/C5H4N3S/c9-4-6-5-2-1-3-7-8-5/h1-3H,(H,6,8,9). The highest BCUT2D eigenvalue weighted by Gasteiger charge is 1.84. The van der Waals surface area contributed by atoms with Gasteiger partial charge in [-0.3, -0.25) is 0 Å². The van der Waals surface area contributed by atoms with Gasteiger partial charge < -0.3 is 5.32 Å². The molecule has 0 fully saturated rings. The molecule has 0 amide bonds. The van der Waals surface area contributed by atoms with E-state index in [1.807, 2.05) is 0 Å². The normalized spacial score (nSPS) is 8.44. The van der Waals surface area contributed by atoms with E-state index in [-0.39, 0.29) is 0 Å². The molecule has 1 aromatic rings. The molecule has 0 aliphatic heterocycles. The number of anilines is 1. The first kappa shape index (κ1) is 6.10. The molecule has 45 valence electrons. The molecule has 0 aromatic carbocycles. The fraction of sp³-hybridized carbons (Fsp3) is 0. The van der Waals surface area contributed by atoms with E-state index in [0.717, 1.165) is 0 Å². The van der Waals surface area contributed by atoms with Crippen molar-refractivity contribution in [1.82, 2.24) is 10.2 Å². The van der Waals surface area contributed by atoms with E-state index in [9.17, 15) is 0 Å². The van der Waals surface area contributed by atoms with Crippen LogP contribution in [0.5, 0.6) is 0 Å². The number of thiocarbonyl (C=S) groups is 1. The first-order valence-electron chi connectivity index (χ1n) is 2.34. The third-order valence-electron chi connectivity index (χ3n) is 0.751. The predicted octanol–water partition coefficient (Wildman–Crippen LogP) is 0.723. The van der Waals surface area contributed by atoms with E-state index in [0.29, 0.717) is 5.82 Å². The summed E-state index contributed by atoms with van der Waals surface area (Å²) in [6.07, 6.45) is 1.59. The van der Waals surface area contributed by atoms with Crippen LogP contribution in [0.2, 0.25) is 0 Å². The van der Waals surface area contributed by atoms with E-state index in [1.54, 1.807) is 18.3 Å². The fourth-order valence-corrected chi connectivity index (χ4v) is 0.525. The molecule has 9 heavy (non-hydrogen) atoms. The third-order valence-corrected chi connectivity index (χ3v) is 0.853. The van der Waals surface area contributed by atoms with Crippen LogP contribution in [0.25, 0.3) is 0 Å². The lowest BCUT2D eigenvalue weighted by molar-refractivity contribution is 1.04. The zero-order chi connectivity index (χ0) is 6.53. The van der Waals surface area contributed by atoms with Gasteiger partial charge in [0.2, 0.25) is 0 Å². The number of nitrogens with zero attached hydrogens (tertiary/aromatic N) is 2. The summed E-state index contributed by atoms with van der Waals surface area (Å²) in [6.45, 7) is 0. The lowest BCUT2D eigenvalue weighted by atomic mass is 10.5. The number of rotatable bonds is 2. The highest BCUT2D eigenvalue weighted by Crippen LogP contribution is 1.93. The maximum Gasteiger partial charge on any atom is 0.153 e. The van der Waals surface area contributed by atoms with Crippen molar-refractivity contribution in [3.8, 4) is 0 Å². The quantitative estimate of drug-likeness (QED) is 0.482. The number of hydrogen-bond acceptors (Lipinski definition) is 3. The lowest BCUT2D eigenvalue weighted by Crippen LogP contribution is -1.95. The molecule has 1 N–H and O–H groups in total. The van der Waals surface area contributed by atoms with Crippen molar-refractivity contribution in [2.45, 2.75) is 0 Å². The van der Waals surface area contributed by atoms with E-state index < -0.39 is 0 Å². The maximum absolute atomic E-state index is 4.41. The van der Waals surface area contributed by atoms with Crippen molar-refractivity contribution in [2.24, 2.45) is 0 Å². The Bertz CT molecular complexity index is 187. The Morgan fingerprint density at radius 2 is 2.56 bits per heavy atom. The van der Waals surface area contributed by atoms with Crippen molar-refractivity contribution < 1.29 is 0 Å². The molecule has 0 bridgehead atoms. The van der Waals surface area contributed by atoms with Crippen LogP contribution < -0.4 is 5.32 Å². The zero-order valence-electron chi connectivity index (χ0n) is 4.53. The Morgan fingerprint density at radius 3 is 3.11 bits per heavy atom. The first-order chi connectivity index (χ1) is 4.43. The Labute approximate surface area is 58.1 Å². The molecular weight excluding hydrogens is 134 g/mol. The maximum atomic E-state index is 4.41. The smallest absolute Gasteiger partial charge is 0.153 e. The highest BCUT2D eigenvalue weighted by atomic mass is 32.1. The Balaban J connectivity index is 2.72. The van der Waals surface area contributed by atoms with Gasteiger partial charge in [0, 0.05) is 6.20 Å². The van der Waals surface area contributed by atoms with Gasteiger partial charge in [0.1, 0.15) is 5.49 Å². The summed E-state index contributed by atoms with van der Waals surface area (Å²) < 4.78 is 0. The molecule has 0 spiro atoms. The summed E-state index contributed by atoms with van der Waals surface area (Å²) >= 11 is 4.41. The van der Waals surface area contributed by atoms with E-state index in [1.165, 1.54) is 0 Å². The monoisotopic (exact) mass is 138 g/mol. The minimum Gasteiger partial charge on any atom is -0.327 e. The molecule has 1 rings (SSSR count). The van der Waals surface area contributed by atoms with Crippen LogP contribution in [0.3, 0.4) is 0 Å². The van der Waals surface area contributed by atoms with E-state index in [4.69, 9.17) is 0 Å². The van der Waals surface area contributed by atoms with Gasteiger partial charge in [-0.25, -0.2) is 0 Å². The van der Waals surface area contributed by atoms with Gasteiger partial charge in [-0.1, -0.05) is 12.2 Å². The average Bonchev–Trinajstić information content (AvgIpc) is 1.91. The summed E-state index contributed by atoms with van der Waals surface area (Å²) in [6, 6.07) is 3.52. The van der Waals surface area contributed by atoms with Gasteiger partial charge in [0.25, 0.3) is 0 Å². The van der Waals surface area contributed by atoms with Crippen molar-refractivity contribution in [2.75, 3.05) is 5.32 Å². The van der Waals surface area contributed by atoms with Crippen LogP contribution in [-0.4, -0.2) is 15.7 Å². The van der Waals surface area contributed by atoms with Crippen LogP contribution in [-0.2, 0) is 0 Å². The molecule has 0 aliphatic rings. The van der Waals surface area contributed by atoms with Gasteiger partial charge in [0.15, 0.2) is 5.82 Å². The Hall–Kier alpha value is -1.03. The van der Waals surface area contributed by atoms with Gasteiger partial charge in [-0.15, -0.1) is 5.10 Å². The van der Waals surface area contributed by atoms with Gasteiger partial charge in [-0.05, 0) is 12.1 Å². The molecule has 0 unspecified atom stereocenters. The second-order valence-electron chi connectivity index (χ2n) is 1.34. The van der Waals surface area contributed by atoms with Crippen molar-refractivity contribution in [3.05, 3.63) is 18.3 Å². The lowest BCUT2D eigenvalue weighted by Gasteiger charge is -1.91. The molecule has 1 aromatic heterocycles. The highest BCUT2D eigenvalue weighted by molar-refractivity contribution is 7.79. The molecule has 0 saturated carbocycles. The zero-order valence-corrected chi connectivity index (χ0v) is 5.35. The second kappa shape index (κ2) is 3.09. The molecule has 0 aliphatic carbocycles. The van der Waals surface area contributed by atoms with Crippen LogP contribution in [0.4, 0.5) is 5.82 Å². The molecular formula is C5H4N3S. The van der Waals surface area contributed by atoms with Gasteiger partial charge in [0.05, 0.1) is 0 Å². The summed E-state index contributed by atoms with van der Waals surface area (Å²) in [4.78, 5) is 0. The largest absolute Gasteiger partial charge is 0.327 e. The van der Waals surface area contributed by atoms with Crippen molar-refractivity contribution in [1.29, 1.82) is 0 Å². The molecule has 4 heteroatoms. The Morgan fingerprint density at radius 1 is 1.67 bits per heavy atom. The first-order valence-corrected chi connectivity index (χ1v) is 2.75. The number of aromatic nitrogens is 2. The second-order valence-corrected chi connectivity index (χ2v) is 1.54. The van der Waals surface area contributed by atoms with Crippen LogP contribution in [0.15, 0.2) is 18.3 Å². The van der Waals surface area contributed by atoms with E-state index >= 15 is 0 Å². The topological polar surface area (TPSA) is 37.8 Å². The average molecular weight is 138 g/mol. The van der Waals surface area contributed by atoms with Crippen molar-refractivity contribution >= 4 is 23.5 Å². The molecule has 1 radical (unpaired) electrons. The van der Waals surface area contributed by atoms with Gasteiger partial charge in [-0.2, -0.15) is 5.10 Å². The minimum atomic E-state index is 0.618. The molecule has 0 saturated heterocycles. The van der Waals surface area contributed by atoms with Crippen molar-refractivity contribution in [3.63, 3.8) is 0 Å². The molecule has 0 atom stereocenters.